The molecule has 0 fully saturated rings. The molecule has 8 heteroatoms. The number of hydrogen-bond donors (Lipinski definition) is 1. The van der Waals surface area contributed by atoms with Crippen molar-refractivity contribution in [1.29, 1.82) is 0 Å². The summed E-state index contributed by atoms with van der Waals surface area (Å²) in [7, 11) is 3.14. The van der Waals surface area contributed by atoms with Crippen molar-refractivity contribution in [1.82, 2.24) is 25.1 Å². The summed E-state index contributed by atoms with van der Waals surface area (Å²) in [5.41, 5.74) is 1.29. The number of carbonyl (C=O) groups excluding carboxylic acids is 1. The molecule has 1 N–H and O–H groups in total. The molecule has 21 heavy (non-hydrogen) atoms. The van der Waals surface area contributed by atoms with Gasteiger partial charge in [0.2, 0.25) is 0 Å². The molecule has 1 heterocycles. The number of ether oxygens (including phenoxy) is 1. The number of rotatable bonds is 6. The third-order valence-electron chi connectivity index (χ3n) is 2.92. The SMILES string of the molecule is COCC(O)CN(C)C(=O)c1ccc(-n2cnnn2)cc1. The molecule has 0 bridgehead atoms. The van der Waals surface area contributed by atoms with Gasteiger partial charge in [-0.15, -0.1) is 5.10 Å². The minimum absolute atomic E-state index is 0.173. The molecule has 1 aromatic carbocycles. The fourth-order valence-electron chi connectivity index (χ4n) is 1.90. The van der Waals surface area contributed by atoms with E-state index in [2.05, 4.69) is 15.5 Å². The van der Waals surface area contributed by atoms with Gasteiger partial charge in [-0.2, -0.15) is 0 Å². The summed E-state index contributed by atoms with van der Waals surface area (Å²) in [6.45, 7) is 0.400. The first-order valence-corrected chi connectivity index (χ1v) is 6.37. The molecule has 0 saturated carbocycles. The zero-order chi connectivity index (χ0) is 15.2. The van der Waals surface area contributed by atoms with E-state index in [9.17, 15) is 9.90 Å². The van der Waals surface area contributed by atoms with Gasteiger partial charge in [-0.1, -0.05) is 0 Å². The molecule has 1 amide bonds. The van der Waals surface area contributed by atoms with Crippen LogP contribution in [0.15, 0.2) is 30.6 Å². The smallest absolute Gasteiger partial charge is 0.253 e. The zero-order valence-corrected chi connectivity index (χ0v) is 11.9. The number of aromatic nitrogens is 4. The van der Waals surface area contributed by atoms with E-state index < -0.39 is 6.10 Å². The second kappa shape index (κ2) is 6.91. The maximum atomic E-state index is 12.2. The van der Waals surface area contributed by atoms with Gasteiger partial charge in [0.25, 0.3) is 5.91 Å². The molecular formula is C13H17N5O3. The highest BCUT2D eigenvalue weighted by Gasteiger charge is 2.15. The first-order chi connectivity index (χ1) is 10.1. The van der Waals surface area contributed by atoms with Gasteiger partial charge in [0.15, 0.2) is 0 Å². The molecule has 8 nitrogen and oxygen atoms in total. The Morgan fingerprint density at radius 2 is 2.14 bits per heavy atom. The molecule has 2 rings (SSSR count). The molecule has 0 aliphatic rings. The van der Waals surface area contributed by atoms with Gasteiger partial charge in [0, 0.05) is 26.3 Å². The van der Waals surface area contributed by atoms with Crippen LogP contribution in [0.1, 0.15) is 10.4 Å². The number of carbonyl (C=O) groups is 1. The van der Waals surface area contributed by atoms with Crippen molar-refractivity contribution in [2.45, 2.75) is 6.10 Å². The van der Waals surface area contributed by atoms with Crippen LogP contribution >= 0.6 is 0 Å². The van der Waals surface area contributed by atoms with Gasteiger partial charge >= 0.3 is 0 Å². The lowest BCUT2D eigenvalue weighted by Crippen LogP contribution is -2.36. The van der Waals surface area contributed by atoms with Crippen LogP contribution < -0.4 is 0 Å². The first kappa shape index (κ1) is 15.1. The molecule has 0 spiro atoms. The zero-order valence-electron chi connectivity index (χ0n) is 11.9. The number of aliphatic hydroxyl groups is 1. The summed E-state index contributed by atoms with van der Waals surface area (Å²) in [5, 5.41) is 20.5. The standard InChI is InChI=1S/C13H17N5O3/c1-17(7-12(19)8-21-2)13(20)10-3-5-11(6-4-10)18-9-14-15-16-18/h3-6,9,12,19H,7-8H2,1-2H3. The third-order valence-corrected chi connectivity index (χ3v) is 2.92. The normalized spacial score (nSPS) is 12.1. The quantitative estimate of drug-likeness (QED) is 0.788. The monoisotopic (exact) mass is 291 g/mol. The van der Waals surface area contributed by atoms with Crippen molar-refractivity contribution in [3.8, 4) is 5.69 Å². The molecular weight excluding hydrogens is 274 g/mol. The molecule has 112 valence electrons. The van der Waals surface area contributed by atoms with Crippen molar-refractivity contribution in [2.75, 3.05) is 27.3 Å². The first-order valence-electron chi connectivity index (χ1n) is 6.37. The molecule has 0 radical (unpaired) electrons. The number of aliphatic hydroxyl groups excluding tert-OH is 1. The molecule has 0 aliphatic heterocycles. The van der Waals surface area contributed by atoms with E-state index in [-0.39, 0.29) is 19.1 Å². The Balaban J connectivity index is 2.02. The fraction of sp³-hybridized carbons (Fsp3) is 0.385. The van der Waals surface area contributed by atoms with Crippen LogP contribution in [0.3, 0.4) is 0 Å². The maximum absolute atomic E-state index is 12.2. The van der Waals surface area contributed by atoms with Crippen molar-refractivity contribution < 1.29 is 14.6 Å². The number of benzene rings is 1. The third kappa shape index (κ3) is 3.83. The van der Waals surface area contributed by atoms with Crippen LogP contribution in [0, 0.1) is 0 Å². The number of amides is 1. The number of likely N-dealkylation sites (N-methyl/N-ethyl adjacent to an activating group) is 1. The van der Waals surface area contributed by atoms with Crippen LogP contribution in [-0.4, -0.2) is 69.5 Å². The minimum atomic E-state index is -0.704. The summed E-state index contributed by atoms with van der Waals surface area (Å²) in [6.07, 6.45) is 0.772. The predicted molar refractivity (Wildman–Crippen MR) is 74.0 cm³/mol. The number of hydrogen-bond acceptors (Lipinski definition) is 6. The molecule has 1 atom stereocenters. The average molecular weight is 291 g/mol. The van der Waals surface area contributed by atoms with E-state index in [1.54, 1.807) is 31.3 Å². The summed E-state index contributed by atoms with van der Waals surface area (Å²) < 4.78 is 6.34. The highest BCUT2D eigenvalue weighted by atomic mass is 16.5. The van der Waals surface area contributed by atoms with Gasteiger partial charge in [-0.05, 0) is 34.7 Å². The molecule has 0 aliphatic carbocycles. The highest BCUT2D eigenvalue weighted by molar-refractivity contribution is 5.94. The van der Waals surface area contributed by atoms with E-state index in [0.29, 0.717) is 5.56 Å². The Morgan fingerprint density at radius 3 is 2.71 bits per heavy atom. The number of methoxy groups -OCH3 is 1. The molecule has 0 saturated heterocycles. The second-order valence-electron chi connectivity index (χ2n) is 4.60. The average Bonchev–Trinajstić information content (AvgIpc) is 3.01. The van der Waals surface area contributed by atoms with Crippen molar-refractivity contribution in [3.63, 3.8) is 0 Å². The molecule has 1 aromatic heterocycles. The Labute approximate surface area is 121 Å². The lowest BCUT2D eigenvalue weighted by molar-refractivity contribution is 0.0380. The Kier molecular flexibility index (Phi) is 4.96. The summed E-state index contributed by atoms with van der Waals surface area (Å²) in [5.74, 6) is -0.173. The number of tetrazole rings is 1. The fourth-order valence-corrected chi connectivity index (χ4v) is 1.90. The largest absolute Gasteiger partial charge is 0.389 e. The lowest BCUT2D eigenvalue weighted by atomic mass is 10.2. The van der Waals surface area contributed by atoms with Gasteiger partial charge in [0.1, 0.15) is 6.33 Å². The second-order valence-corrected chi connectivity index (χ2v) is 4.60. The summed E-state index contributed by atoms with van der Waals surface area (Å²) >= 11 is 0. The van der Waals surface area contributed by atoms with E-state index in [4.69, 9.17) is 4.74 Å². The van der Waals surface area contributed by atoms with E-state index in [1.165, 1.54) is 23.0 Å². The topological polar surface area (TPSA) is 93.4 Å². The predicted octanol–water partition coefficient (Wildman–Crippen LogP) is -0.258. The number of nitrogens with zero attached hydrogens (tertiary/aromatic N) is 5. The van der Waals surface area contributed by atoms with Gasteiger partial charge in [0.05, 0.1) is 18.4 Å². The molecule has 2 aromatic rings. The van der Waals surface area contributed by atoms with Crippen LogP contribution in [0.25, 0.3) is 5.69 Å². The highest BCUT2D eigenvalue weighted by Crippen LogP contribution is 2.10. The Hall–Kier alpha value is -2.32. The van der Waals surface area contributed by atoms with E-state index in [1.807, 2.05) is 0 Å². The van der Waals surface area contributed by atoms with Crippen molar-refractivity contribution in [3.05, 3.63) is 36.2 Å². The van der Waals surface area contributed by atoms with Gasteiger partial charge in [-0.25, -0.2) is 4.68 Å². The minimum Gasteiger partial charge on any atom is -0.389 e. The lowest BCUT2D eigenvalue weighted by Gasteiger charge is -2.20. The van der Waals surface area contributed by atoms with Crippen molar-refractivity contribution in [2.24, 2.45) is 0 Å². The van der Waals surface area contributed by atoms with Crippen molar-refractivity contribution >= 4 is 5.91 Å². The van der Waals surface area contributed by atoms with Crippen LogP contribution in [-0.2, 0) is 4.74 Å². The Morgan fingerprint density at radius 1 is 1.43 bits per heavy atom. The summed E-state index contributed by atoms with van der Waals surface area (Å²) in [6, 6.07) is 6.89. The van der Waals surface area contributed by atoms with Crippen LogP contribution in [0.5, 0.6) is 0 Å². The maximum Gasteiger partial charge on any atom is 0.253 e. The summed E-state index contributed by atoms with van der Waals surface area (Å²) in [4.78, 5) is 13.7. The Bertz CT molecular complexity index is 570. The van der Waals surface area contributed by atoms with Crippen LogP contribution in [0.4, 0.5) is 0 Å². The molecule has 1 unspecified atom stereocenters. The van der Waals surface area contributed by atoms with E-state index in [0.717, 1.165) is 5.69 Å². The van der Waals surface area contributed by atoms with E-state index >= 15 is 0 Å². The van der Waals surface area contributed by atoms with Gasteiger partial charge in [-0.3, -0.25) is 4.79 Å². The van der Waals surface area contributed by atoms with Crippen LogP contribution in [0.2, 0.25) is 0 Å². The van der Waals surface area contributed by atoms with Gasteiger partial charge < -0.3 is 14.7 Å².